The SMILES string of the molecule is CCc1cccc2c1C=C(C(C)C)[CH]2[Zr+2]([CH]1C(C(C)C)=Cc2c(CC)cccc21)=[Si](C)C.[Cl-].[Cl-]. The number of halogens is 2. The summed E-state index contributed by atoms with van der Waals surface area (Å²) in [5.74, 6) is 1.26. The Morgan fingerprint density at radius 3 is 1.38 bits per heavy atom. The molecule has 2 aromatic carbocycles. The van der Waals surface area contributed by atoms with E-state index in [1.54, 1.807) is 44.5 Å². The van der Waals surface area contributed by atoms with E-state index in [2.05, 4.69) is 103 Å². The van der Waals surface area contributed by atoms with Crippen LogP contribution in [0.5, 0.6) is 0 Å². The molecule has 2 unspecified atom stereocenters. The van der Waals surface area contributed by atoms with Gasteiger partial charge in [-0.1, -0.05) is 0 Å². The van der Waals surface area contributed by atoms with Crippen molar-refractivity contribution in [3.63, 3.8) is 0 Å². The van der Waals surface area contributed by atoms with Gasteiger partial charge in [0.2, 0.25) is 0 Å². The number of hydrogen-bond acceptors (Lipinski definition) is 0. The van der Waals surface area contributed by atoms with Gasteiger partial charge < -0.3 is 24.8 Å². The second kappa shape index (κ2) is 12.2. The third kappa shape index (κ3) is 5.18. The van der Waals surface area contributed by atoms with Crippen molar-refractivity contribution in [2.75, 3.05) is 0 Å². The van der Waals surface area contributed by atoms with E-state index in [1.165, 1.54) is 0 Å². The van der Waals surface area contributed by atoms with Gasteiger partial charge in [-0.25, -0.2) is 0 Å². The van der Waals surface area contributed by atoms with Gasteiger partial charge >= 0.3 is 205 Å². The van der Waals surface area contributed by atoms with E-state index in [4.69, 9.17) is 0 Å². The zero-order chi connectivity index (χ0) is 23.2. The molecule has 0 fully saturated rings. The first-order chi connectivity index (χ1) is 15.3. The van der Waals surface area contributed by atoms with Crippen LogP contribution in [0.1, 0.15) is 82.2 Å². The maximum absolute atomic E-state index is 2.65. The van der Waals surface area contributed by atoms with Gasteiger partial charge in [-0.3, -0.25) is 0 Å². The summed E-state index contributed by atoms with van der Waals surface area (Å²) in [7, 11) is 0. The molecule has 0 aromatic heterocycles. The number of benzene rings is 2. The summed E-state index contributed by atoms with van der Waals surface area (Å²) >= 11 is -2.00. The van der Waals surface area contributed by atoms with E-state index in [-0.39, 0.29) is 30.2 Å². The van der Waals surface area contributed by atoms with Crippen molar-refractivity contribution < 1.29 is 45.2 Å². The Morgan fingerprint density at radius 1 is 0.706 bits per heavy atom. The summed E-state index contributed by atoms with van der Waals surface area (Å²) in [5, 5.41) is 0. The van der Waals surface area contributed by atoms with Crippen molar-refractivity contribution in [2.45, 2.75) is 74.7 Å². The molecule has 2 atom stereocenters. The van der Waals surface area contributed by atoms with Gasteiger partial charge in [0.05, 0.1) is 0 Å². The zero-order valence-electron chi connectivity index (χ0n) is 22.1. The Labute approximate surface area is 228 Å². The fourth-order valence-corrected chi connectivity index (χ4v) is 27.0. The normalized spacial score (nSPS) is 17.8. The van der Waals surface area contributed by atoms with E-state index < -0.39 is 20.4 Å². The third-order valence-corrected chi connectivity index (χ3v) is 27.0. The van der Waals surface area contributed by atoms with Gasteiger partial charge in [0.25, 0.3) is 0 Å². The quantitative estimate of drug-likeness (QED) is 0.454. The van der Waals surface area contributed by atoms with E-state index in [0.717, 1.165) is 20.1 Å². The topological polar surface area (TPSA) is 0 Å². The molecule has 0 amide bonds. The summed E-state index contributed by atoms with van der Waals surface area (Å²) in [6, 6.07) is 14.4. The van der Waals surface area contributed by atoms with E-state index in [9.17, 15) is 0 Å². The van der Waals surface area contributed by atoms with E-state index in [1.807, 2.05) is 0 Å². The summed E-state index contributed by atoms with van der Waals surface area (Å²) < 4.78 is 1.48. The van der Waals surface area contributed by atoms with Crippen LogP contribution in [0.3, 0.4) is 0 Å². The fourth-order valence-electron chi connectivity index (χ4n) is 6.04. The van der Waals surface area contributed by atoms with Crippen LogP contribution in [0.25, 0.3) is 12.2 Å². The van der Waals surface area contributed by atoms with Gasteiger partial charge in [-0.05, 0) is 0 Å². The Morgan fingerprint density at radius 2 is 1.09 bits per heavy atom. The van der Waals surface area contributed by atoms with Crippen molar-refractivity contribution in [3.8, 4) is 0 Å². The minimum absolute atomic E-state index is 0. The molecule has 0 spiro atoms. The molecule has 0 N–H and O–H groups in total. The molecule has 2 aliphatic carbocycles. The van der Waals surface area contributed by atoms with Gasteiger partial charge in [-0.15, -0.1) is 0 Å². The molecule has 4 heteroatoms. The Balaban J connectivity index is 0.00000204. The largest absolute Gasteiger partial charge is 1.00 e. The molecule has 0 saturated carbocycles. The molecular formula is C30H40Cl2SiZr. The van der Waals surface area contributed by atoms with Crippen LogP contribution in [0, 0.1) is 11.8 Å². The molecule has 0 heterocycles. The van der Waals surface area contributed by atoms with Crippen molar-refractivity contribution in [1.29, 1.82) is 0 Å². The summed E-state index contributed by atoms with van der Waals surface area (Å²) in [4.78, 5) is 0. The molecule has 4 rings (SSSR count). The first-order valence-electron chi connectivity index (χ1n) is 12.6. The third-order valence-electron chi connectivity index (χ3n) is 7.67. The van der Waals surface area contributed by atoms with Crippen LogP contribution in [0.2, 0.25) is 13.1 Å². The summed E-state index contributed by atoms with van der Waals surface area (Å²) in [5.41, 5.74) is 12.8. The Kier molecular flexibility index (Phi) is 10.7. The number of aryl methyl sites for hydroxylation is 2. The number of allylic oxidation sites excluding steroid dienone is 2. The Bertz CT molecular complexity index is 1050. The number of fused-ring (bicyclic) bond motifs is 2. The number of hydrogen-bond donors (Lipinski definition) is 0. The van der Waals surface area contributed by atoms with Crippen LogP contribution in [-0.2, 0) is 33.2 Å². The first-order valence-corrected chi connectivity index (χ1v) is 21.7. The molecule has 0 bridgehead atoms. The second-order valence-corrected chi connectivity index (χ2v) is 28.3. The van der Waals surface area contributed by atoms with Crippen LogP contribution in [-0.4, -0.2) is 5.43 Å². The average Bonchev–Trinajstić information content (AvgIpc) is 3.33. The van der Waals surface area contributed by atoms with Crippen LogP contribution < -0.4 is 24.8 Å². The molecular weight excluding hydrogens is 551 g/mol. The minimum Gasteiger partial charge on any atom is -1.00 e. The Hall–Kier alpha value is -0.400. The van der Waals surface area contributed by atoms with Crippen LogP contribution >= 0.6 is 0 Å². The standard InChI is InChI=1S/2C14H17.C2H6Si.2ClH.Zr/c2*1-4-11-6-5-7-12-8-13(10(2)3)9-14(11)12;1-3-2;;;/h2*5-10H,4H2,1-3H3;1-2H3;2*1H;/q;;;;;+2/p-2. The smallest absolute Gasteiger partial charge is 1.00 e. The number of rotatable bonds is 6. The zero-order valence-corrected chi connectivity index (χ0v) is 27.1. The molecule has 0 aliphatic heterocycles. The molecule has 182 valence electrons. The van der Waals surface area contributed by atoms with Gasteiger partial charge in [0.15, 0.2) is 0 Å². The van der Waals surface area contributed by atoms with Gasteiger partial charge in [0, 0.05) is 0 Å². The maximum atomic E-state index is 2.65. The maximum Gasteiger partial charge on any atom is -1.00 e. The minimum atomic E-state index is -2.00. The van der Waals surface area contributed by atoms with Crippen molar-refractivity contribution in [3.05, 3.63) is 80.9 Å². The van der Waals surface area contributed by atoms with Crippen LogP contribution in [0.15, 0.2) is 47.5 Å². The molecule has 0 radical (unpaired) electrons. The molecule has 2 aromatic rings. The summed E-state index contributed by atoms with van der Waals surface area (Å²) in [6.45, 7) is 19.7. The van der Waals surface area contributed by atoms with Crippen molar-refractivity contribution in [1.82, 2.24) is 0 Å². The molecule has 0 saturated heterocycles. The predicted molar refractivity (Wildman–Crippen MR) is 140 cm³/mol. The molecule has 34 heavy (non-hydrogen) atoms. The predicted octanol–water partition coefficient (Wildman–Crippen LogP) is 2.58. The van der Waals surface area contributed by atoms with E-state index >= 15 is 0 Å². The van der Waals surface area contributed by atoms with Gasteiger partial charge in [0.1, 0.15) is 0 Å². The summed E-state index contributed by atoms with van der Waals surface area (Å²) in [6.07, 6.45) is 7.53. The monoisotopic (exact) mass is 588 g/mol. The second-order valence-electron chi connectivity index (χ2n) is 10.5. The van der Waals surface area contributed by atoms with E-state index in [0.29, 0.717) is 11.8 Å². The molecule has 2 aliphatic rings. The molecule has 0 nitrogen and oxygen atoms in total. The fraction of sp³-hybridized carbons (Fsp3) is 0.467. The van der Waals surface area contributed by atoms with Crippen molar-refractivity contribution in [2.24, 2.45) is 11.8 Å². The van der Waals surface area contributed by atoms with Crippen LogP contribution in [0.4, 0.5) is 0 Å². The van der Waals surface area contributed by atoms with Gasteiger partial charge in [-0.2, -0.15) is 0 Å². The average molecular weight is 591 g/mol. The first kappa shape index (κ1) is 29.8. The van der Waals surface area contributed by atoms with Crippen molar-refractivity contribution >= 4 is 17.6 Å².